The molecule has 0 aromatic heterocycles. The van der Waals surface area contributed by atoms with Gasteiger partial charge in [0.2, 0.25) is 6.29 Å². The maximum atomic E-state index is 11.2. The van der Waals surface area contributed by atoms with Crippen LogP contribution in [0.25, 0.3) is 0 Å². The van der Waals surface area contributed by atoms with E-state index in [0.717, 1.165) is 6.29 Å². The Bertz CT molecular complexity index is 508. The quantitative estimate of drug-likeness (QED) is 0.347. The van der Waals surface area contributed by atoms with Gasteiger partial charge < -0.3 is 39.7 Å². The van der Waals surface area contributed by atoms with Gasteiger partial charge in [0.15, 0.2) is 6.29 Å². The zero-order chi connectivity index (χ0) is 18.1. The summed E-state index contributed by atoms with van der Waals surface area (Å²) in [6.07, 6.45) is -4.42. The van der Waals surface area contributed by atoms with Crippen LogP contribution in [0.1, 0.15) is 12.8 Å². The molecule has 2 aliphatic heterocycles. The molecular weight excluding hydrogens is 336 g/mol. The van der Waals surface area contributed by atoms with Gasteiger partial charge in [-0.05, 0) is 24.7 Å². The summed E-state index contributed by atoms with van der Waals surface area (Å²) in [4.78, 5) is 11.2. The van der Waals surface area contributed by atoms with E-state index in [0.29, 0.717) is 18.4 Å². The molecule has 1 saturated carbocycles. The van der Waals surface area contributed by atoms with E-state index < -0.39 is 43.6 Å². The van der Waals surface area contributed by atoms with Gasteiger partial charge in [-0.2, -0.15) is 0 Å². The Labute approximate surface area is 144 Å². The summed E-state index contributed by atoms with van der Waals surface area (Å²) in [5.41, 5.74) is 0.495. The van der Waals surface area contributed by atoms with Crippen LogP contribution < -0.4 is 0 Å². The number of hydrogen-bond donors (Lipinski definition) is 5. The lowest BCUT2D eigenvalue weighted by atomic mass is 9.83. The summed E-state index contributed by atoms with van der Waals surface area (Å²) in [6, 6.07) is 0. The molecule has 3 aliphatic rings. The van der Waals surface area contributed by atoms with Gasteiger partial charge in [0.25, 0.3) is 0 Å². The van der Waals surface area contributed by atoms with Gasteiger partial charge in [-0.3, -0.25) is 4.79 Å². The van der Waals surface area contributed by atoms with Crippen molar-refractivity contribution in [2.75, 3.05) is 13.2 Å². The Balaban J connectivity index is 1.77. The highest BCUT2D eigenvalue weighted by molar-refractivity contribution is 5.74. The van der Waals surface area contributed by atoms with Crippen molar-refractivity contribution in [3.05, 3.63) is 11.8 Å². The molecule has 0 aromatic rings. The number of aliphatic hydroxyl groups excluding tert-OH is 5. The van der Waals surface area contributed by atoms with Crippen LogP contribution in [-0.4, -0.2) is 82.0 Å². The van der Waals surface area contributed by atoms with E-state index in [-0.39, 0.29) is 24.4 Å². The summed E-state index contributed by atoms with van der Waals surface area (Å²) < 4.78 is 16.5. The van der Waals surface area contributed by atoms with E-state index >= 15 is 0 Å². The standard InChI is InChI=1S/C16H24O9/c17-3-7-1-2-9-8(4-18)6-23-15(11(7)9)25-16-14(22)13(21)12(20)10(5-19)24-16/h4,6-7,9-17,19-22H,1-3,5H2. The lowest BCUT2D eigenvalue weighted by Gasteiger charge is -2.43. The van der Waals surface area contributed by atoms with Crippen molar-refractivity contribution >= 4 is 6.29 Å². The number of ether oxygens (including phenoxy) is 3. The fourth-order valence-electron chi connectivity index (χ4n) is 3.99. The SMILES string of the molecule is O=CC1=COC(OC2OC(CO)C(O)C(O)C2O)C2C(CO)CCC12. The van der Waals surface area contributed by atoms with Gasteiger partial charge in [-0.25, -0.2) is 0 Å². The average molecular weight is 360 g/mol. The van der Waals surface area contributed by atoms with Crippen LogP contribution in [0.2, 0.25) is 0 Å². The Morgan fingerprint density at radius 3 is 2.48 bits per heavy atom. The van der Waals surface area contributed by atoms with Crippen LogP contribution in [0.3, 0.4) is 0 Å². The van der Waals surface area contributed by atoms with E-state index in [2.05, 4.69) is 0 Å². The molecule has 25 heavy (non-hydrogen) atoms. The number of aliphatic hydroxyl groups is 5. The highest BCUT2D eigenvalue weighted by Gasteiger charge is 2.50. The van der Waals surface area contributed by atoms with E-state index in [1.807, 2.05) is 0 Å². The van der Waals surface area contributed by atoms with Gasteiger partial charge in [0.05, 0.1) is 12.9 Å². The summed E-state index contributed by atoms with van der Waals surface area (Å²) in [5, 5.41) is 48.6. The molecule has 2 heterocycles. The molecule has 0 radical (unpaired) electrons. The predicted octanol–water partition coefficient (Wildman–Crippen LogP) is -2.12. The molecule has 0 spiro atoms. The summed E-state index contributed by atoms with van der Waals surface area (Å²) in [7, 11) is 0. The van der Waals surface area contributed by atoms with Gasteiger partial charge in [0, 0.05) is 18.1 Å². The molecule has 9 heteroatoms. The highest BCUT2D eigenvalue weighted by atomic mass is 16.8. The summed E-state index contributed by atoms with van der Waals surface area (Å²) in [5.74, 6) is -0.565. The van der Waals surface area contributed by atoms with Crippen LogP contribution in [0.4, 0.5) is 0 Å². The number of fused-ring (bicyclic) bond motifs is 1. The highest BCUT2D eigenvalue weighted by Crippen LogP contribution is 2.46. The minimum absolute atomic E-state index is 0.0921. The number of rotatable bonds is 5. The molecule has 142 valence electrons. The summed E-state index contributed by atoms with van der Waals surface area (Å²) >= 11 is 0. The second-order valence-corrected chi connectivity index (χ2v) is 6.78. The Kier molecular flexibility index (Phi) is 5.74. The molecular formula is C16H24O9. The monoisotopic (exact) mass is 360 g/mol. The van der Waals surface area contributed by atoms with Crippen molar-refractivity contribution in [3.63, 3.8) is 0 Å². The van der Waals surface area contributed by atoms with Crippen molar-refractivity contribution < 1.29 is 44.5 Å². The first kappa shape index (κ1) is 18.7. The molecule has 2 fully saturated rings. The zero-order valence-corrected chi connectivity index (χ0v) is 13.5. The maximum Gasteiger partial charge on any atom is 0.205 e. The van der Waals surface area contributed by atoms with Gasteiger partial charge in [-0.1, -0.05) is 0 Å². The van der Waals surface area contributed by atoms with Crippen molar-refractivity contribution in [2.24, 2.45) is 17.8 Å². The van der Waals surface area contributed by atoms with Gasteiger partial charge in [0.1, 0.15) is 30.7 Å². The molecule has 0 amide bonds. The first-order valence-corrected chi connectivity index (χ1v) is 8.39. The van der Waals surface area contributed by atoms with Gasteiger partial charge in [-0.15, -0.1) is 0 Å². The number of hydrogen-bond acceptors (Lipinski definition) is 9. The molecule has 5 N–H and O–H groups in total. The van der Waals surface area contributed by atoms with Crippen LogP contribution in [0.15, 0.2) is 11.8 Å². The fourth-order valence-corrected chi connectivity index (χ4v) is 3.99. The van der Waals surface area contributed by atoms with Crippen molar-refractivity contribution in [2.45, 2.75) is 49.8 Å². The molecule has 9 atom stereocenters. The van der Waals surface area contributed by atoms with Crippen LogP contribution in [0, 0.1) is 17.8 Å². The molecule has 9 nitrogen and oxygen atoms in total. The first-order valence-electron chi connectivity index (χ1n) is 8.39. The Morgan fingerprint density at radius 1 is 1.08 bits per heavy atom. The first-order chi connectivity index (χ1) is 12.0. The van der Waals surface area contributed by atoms with Crippen molar-refractivity contribution in [1.29, 1.82) is 0 Å². The second-order valence-electron chi connectivity index (χ2n) is 6.78. The van der Waals surface area contributed by atoms with E-state index in [4.69, 9.17) is 14.2 Å². The van der Waals surface area contributed by atoms with Crippen LogP contribution in [-0.2, 0) is 19.0 Å². The Morgan fingerprint density at radius 2 is 1.84 bits per heavy atom. The second kappa shape index (κ2) is 7.67. The topological polar surface area (TPSA) is 146 Å². The van der Waals surface area contributed by atoms with Gasteiger partial charge >= 0.3 is 0 Å². The number of carbonyl (C=O) groups excluding carboxylic acids is 1. The normalized spacial score (nSPS) is 46.9. The zero-order valence-electron chi connectivity index (χ0n) is 13.5. The van der Waals surface area contributed by atoms with Crippen molar-refractivity contribution in [3.8, 4) is 0 Å². The third-order valence-electron chi connectivity index (χ3n) is 5.43. The lowest BCUT2D eigenvalue weighted by molar-refractivity contribution is -0.342. The van der Waals surface area contributed by atoms with Crippen LogP contribution >= 0.6 is 0 Å². The molecule has 3 rings (SSSR count). The van der Waals surface area contributed by atoms with Crippen LogP contribution in [0.5, 0.6) is 0 Å². The maximum absolute atomic E-state index is 11.2. The molecule has 1 saturated heterocycles. The summed E-state index contributed by atoms with van der Waals surface area (Å²) in [6.45, 7) is -0.651. The number of aldehydes is 1. The molecule has 0 aromatic carbocycles. The van der Waals surface area contributed by atoms with Crippen molar-refractivity contribution in [1.82, 2.24) is 0 Å². The third kappa shape index (κ3) is 3.33. The number of allylic oxidation sites excluding steroid dienone is 1. The smallest absolute Gasteiger partial charge is 0.205 e. The molecule has 1 aliphatic carbocycles. The minimum Gasteiger partial charge on any atom is -0.472 e. The van der Waals surface area contributed by atoms with E-state index in [9.17, 15) is 30.3 Å². The lowest BCUT2D eigenvalue weighted by Crippen LogP contribution is -2.60. The molecule has 9 unspecified atom stereocenters. The average Bonchev–Trinajstić information content (AvgIpc) is 3.07. The largest absolute Gasteiger partial charge is 0.472 e. The minimum atomic E-state index is -1.55. The van der Waals surface area contributed by atoms with E-state index in [1.165, 1.54) is 6.26 Å². The number of carbonyl (C=O) groups is 1. The predicted molar refractivity (Wildman–Crippen MR) is 80.7 cm³/mol. The Hall–Kier alpha value is -1.07. The third-order valence-corrected chi connectivity index (χ3v) is 5.43. The van der Waals surface area contributed by atoms with E-state index in [1.54, 1.807) is 0 Å². The molecule has 0 bridgehead atoms. The fraction of sp³-hybridized carbons (Fsp3) is 0.812.